The van der Waals surface area contributed by atoms with Gasteiger partial charge in [-0.2, -0.15) is 0 Å². The second-order valence-electron chi connectivity index (χ2n) is 5.02. The fourth-order valence-electron chi connectivity index (χ4n) is 2.33. The van der Waals surface area contributed by atoms with Crippen LogP contribution in [0, 0.1) is 17.0 Å². The molecule has 1 aliphatic rings. The lowest BCUT2D eigenvalue weighted by Gasteiger charge is -2.32. The molecule has 0 saturated carbocycles. The summed E-state index contributed by atoms with van der Waals surface area (Å²) < 4.78 is 10.5. The number of anilines is 1. The van der Waals surface area contributed by atoms with Gasteiger partial charge in [-0.3, -0.25) is 19.8 Å². The molecule has 0 saturated heterocycles. The van der Waals surface area contributed by atoms with Crippen molar-refractivity contribution in [2.75, 3.05) is 4.90 Å². The van der Waals surface area contributed by atoms with Crippen molar-refractivity contribution in [3.05, 3.63) is 45.8 Å². The molecule has 0 spiro atoms. The maximum atomic E-state index is 12.4. The molecule has 1 unspecified atom stereocenters. The molecule has 2 aromatic rings. The third-order valence-corrected chi connectivity index (χ3v) is 3.36. The summed E-state index contributed by atoms with van der Waals surface area (Å²) in [5.41, 5.74) is 0.821. The zero-order chi connectivity index (χ0) is 15.9. The van der Waals surface area contributed by atoms with Gasteiger partial charge in [-0.1, -0.05) is 5.16 Å². The van der Waals surface area contributed by atoms with Crippen molar-refractivity contribution >= 4 is 17.3 Å². The molecule has 1 amide bonds. The predicted octanol–water partition coefficient (Wildman–Crippen LogP) is 2.21. The molecule has 1 aliphatic heterocycles. The number of aromatic nitrogens is 1. The first-order valence-corrected chi connectivity index (χ1v) is 6.64. The molecule has 22 heavy (non-hydrogen) atoms. The standard InChI is InChI=1S/C14H13N3O5/c1-8-5-10(15-22-8)7-16-12-6-11(17(19)20)3-4-13(12)21-9(2)14(16)18/h3-6,9H,7H2,1-2H3. The van der Waals surface area contributed by atoms with Gasteiger partial charge in [0.25, 0.3) is 11.6 Å². The summed E-state index contributed by atoms with van der Waals surface area (Å²) in [6, 6.07) is 5.88. The van der Waals surface area contributed by atoms with E-state index in [2.05, 4.69) is 5.16 Å². The van der Waals surface area contributed by atoms with E-state index in [0.29, 0.717) is 22.9 Å². The van der Waals surface area contributed by atoms with Gasteiger partial charge in [-0.15, -0.1) is 0 Å². The van der Waals surface area contributed by atoms with Crippen molar-refractivity contribution in [1.29, 1.82) is 0 Å². The summed E-state index contributed by atoms with van der Waals surface area (Å²) >= 11 is 0. The number of ether oxygens (including phenoxy) is 1. The van der Waals surface area contributed by atoms with E-state index < -0.39 is 11.0 Å². The number of benzene rings is 1. The Balaban J connectivity index is 2.02. The number of nitrogens with zero attached hydrogens (tertiary/aromatic N) is 3. The van der Waals surface area contributed by atoms with Crippen molar-refractivity contribution < 1.29 is 19.0 Å². The highest BCUT2D eigenvalue weighted by Crippen LogP contribution is 2.37. The SMILES string of the molecule is Cc1cc(CN2C(=O)C(C)Oc3ccc([N+](=O)[O-])cc32)no1. The van der Waals surface area contributed by atoms with E-state index in [1.54, 1.807) is 19.9 Å². The maximum absolute atomic E-state index is 12.4. The van der Waals surface area contributed by atoms with Crippen LogP contribution in [-0.2, 0) is 11.3 Å². The summed E-state index contributed by atoms with van der Waals surface area (Å²) in [5, 5.41) is 14.8. The van der Waals surface area contributed by atoms with Gasteiger partial charge in [0.2, 0.25) is 0 Å². The number of hydrogen-bond donors (Lipinski definition) is 0. The number of non-ortho nitro benzene ring substituents is 1. The second kappa shape index (κ2) is 5.14. The summed E-state index contributed by atoms with van der Waals surface area (Å²) in [6.07, 6.45) is -0.665. The first-order chi connectivity index (χ1) is 10.5. The molecule has 8 heteroatoms. The van der Waals surface area contributed by atoms with Gasteiger partial charge >= 0.3 is 0 Å². The lowest BCUT2D eigenvalue weighted by molar-refractivity contribution is -0.384. The van der Waals surface area contributed by atoms with Crippen LogP contribution in [0.15, 0.2) is 28.8 Å². The van der Waals surface area contributed by atoms with Gasteiger partial charge in [0, 0.05) is 18.2 Å². The topological polar surface area (TPSA) is 98.7 Å². The molecule has 1 aromatic carbocycles. The van der Waals surface area contributed by atoms with Crippen LogP contribution < -0.4 is 9.64 Å². The number of hydrogen-bond acceptors (Lipinski definition) is 6. The molecule has 2 heterocycles. The molecular weight excluding hydrogens is 290 g/mol. The highest BCUT2D eigenvalue weighted by atomic mass is 16.6. The van der Waals surface area contributed by atoms with Crippen LogP contribution in [0.25, 0.3) is 0 Å². The third kappa shape index (κ3) is 2.39. The van der Waals surface area contributed by atoms with Crippen molar-refractivity contribution in [2.24, 2.45) is 0 Å². The Morgan fingerprint density at radius 3 is 2.82 bits per heavy atom. The fraction of sp³-hybridized carbons (Fsp3) is 0.286. The number of nitro benzene ring substituents is 1. The highest BCUT2D eigenvalue weighted by Gasteiger charge is 2.33. The van der Waals surface area contributed by atoms with Crippen molar-refractivity contribution in [3.8, 4) is 5.75 Å². The second-order valence-corrected chi connectivity index (χ2v) is 5.02. The van der Waals surface area contributed by atoms with Crippen molar-refractivity contribution in [2.45, 2.75) is 26.5 Å². The first-order valence-electron chi connectivity index (χ1n) is 6.64. The third-order valence-electron chi connectivity index (χ3n) is 3.36. The molecule has 0 N–H and O–H groups in total. The Kier molecular flexibility index (Phi) is 3.28. The van der Waals surface area contributed by atoms with Gasteiger partial charge in [0.05, 0.1) is 17.2 Å². The molecule has 114 valence electrons. The molecule has 0 bridgehead atoms. The Hall–Kier alpha value is -2.90. The molecule has 0 fully saturated rings. The highest BCUT2D eigenvalue weighted by molar-refractivity contribution is 6.00. The molecule has 1 atom stereocenters. The lowest BCUT2D eigenvalue weighted by atomic mass is 10.1. The predicted molar refractivity (Wildman–Crippen MR) is 75.6 cm³/mol. The van der Waals surface area contributed by atoms with Crippen molar-refractivity contribution in [3.63, 3.8) is 0 Å². The Morgan fingerprint density at radius 2 is 2.18 bits per heavy atom. The number of carbonyl (C=O) groups excluding carboxylic acids is 1. The van der Waals surface area contributed by atoms with Gasteiger partial charge < -0.3 is 9.26 Å². The number of rotatable bonds is 3. The van der Waals surface area contributed by atoms with E-state index in [1.165, 1.54) is 23.1 Å². The van der Waals surface area contributed by atoms with Gasteiger partial charge in [-0.25, -0.2) is 0 Å². The minimum absolute atomic E-state index is 0.106. The van der Waals surface area contributed by atoms with Crippen LogP contribution in [0.3, 0.4) is 0 Å². The number of nitro groups is 1. The normalized spacial score (nSPS) is 17.1. The molecular formula is C14H13N3O5. The first kappa shape index (κ1) is 14.1. The summed E-state index contributed by atoms with van der Waals surface area (Å²) in [6.45, 7) is 3.55. The minimum atomic E-state index is -0.665. The monoisotopic (exact) mass is 303 g/mol. The number of amides is 1. The quantitative estimate of drug-likeness (QED) is 0.636. The van der Waals surface area contributed by atoms with Crippen LogP contribution >= 0.6 is 0 Å². The van der Waals surface area contributed by atoms with Gasteiger partial charge in [0.15, 0.2) is 6.10 Å². The number of carbonyl (C=O) groups is 1. The van der Waals surface area contributed by atoms with Crippen LogP contribution in [0.5, 0.6) is 5.75 Å². The molecule has 8 nitrogen and oxygen atoms in total. The minimum Gasteiger partial charge on any atom is -0.479 e. The van der Waals surface area contributed by atoms with E-state index in [1.807, 2.05) is 0 Å². The molecule has 3 rings (SSSR count). The molecule has 0 radical (unpaired) electrons. The van der Waals surface area contributed by atoms with Gasteiger partial charge in [0.1, 0.15) is 17.2 Å². The lowest BCUT2D eigenvalue weighted by Crippen LogP contribution is -2.44. The van der Waals surface area contributed by atoms with E-state index in [4.69, 9.17) is 9.26 Å². The molecule has 0 aliphatic carbocycles. The van der Waals surface area contributed by atoms with Crippen LogP contribution in [0.1, 0.15) is 18.4 Å². The molecule has 1 aromatic heterocycles. The largest absolute Gasteiger partial charge is 0.479 e. The average molecular weight is 303 g/mol. The zero-order valence-electron chi connectivity index (χ0n) is 12.0. The average Bonchev–Trinajstić information content (AvgIpc) is 2.88. The van der Waals surface area contributed by atoms with Gasteiger partial charge in [-0.05, 0) is 19.9 Å². The summed E-state index contributed by atoms with van der Waals surface area (Å²) in [4.78, 5) is 24.2. The Labute approximate surface area is 125 Å². The van der Waals surface area contributed by atoms with E-state index in [-0.39, 0.29) is 18.1 Å². The summed E-state index contributed by atoms with van der Waals surface area (Å²) in [5.74, 6) is 0.773. The van der Waals surface area contributed by atoms with Crippen LogP contribution in [-0.4, -0.2) is 22.1 Å². The van der Waals surface area contributed by atoms with E-state index in [0.717, 1.165) is 0 Å². The van der Waals surface area contributed by atoms with E-state index >= 15 is 0 Å². The summed E-state index contributed by atoms with van der Waals surface area (Å²) in [7, 11) is 0. The van der Waals surface area contributed by atoms with Crippen LogP contribution in [0.4, 0.5) is 11.4 Å². The Bertz CT molecular complexity index is 755. The fourth-order valence-corrected chi connectivity index (χ4v) is 2.33. The van der Waals surface area contributed by atoms with E-state index in [9.17, 15) is 14.9 Å². The number of aryl methyl sites for hydroxylation is 1. The maximum Gasteiger partial charge on any atom is 0.271 e. The Morgan fingerprint density at radius 1 is 1.41 bits per heavy atom. The smallest absolute Gasteiger partial charge is 0.271 e. The number of fused-ring (bicyclic) bond motifs is 1. The zero-order valence-corrected chi connectivity index (χ0v) is 12.0. The van der Waals surface area contributed by atoms with Crippen molar-refractivity contribution in [1.82, 2.24) is 5.16 Å². The van der Waals surface area contributed by atoms with Crippen LogP contribution in [0.2, 0.25) is 0 Å².